The van der Waals surface area contributed by atoms with Crippen molar-refractivity contribution in [1.82, 2.24) is 20.4 Å². The van der Waals surface area contributed by atoms with Crippen molar-refractivity contribution in [2.75, 3.05) is 20.1 Å². The summed E-state index contributed by atoms with van der Waals surface area (Å²) in [5.74, 6) is 0.589. The molecule has 1 heterocycles. The first kappa shape index (κ1) is 19.0. The largest absolute Gasteiger partial charge is 0.356 e. The second-order valence-corrected chi connectivity index (χ2v) is 6.27. The van der Waals surface area contributed by atoms with Crippen LogP contribution in [0, 0.1) is 26.6 Å². The smallest absolute Gasteiger partial charge is 0.190 e. The molecule has 0 saturated heterocycles. The second-order valence-electron chi connectivity index (χ2n) is 6.27. The summed E-state index contributed by atoms with van der Waals surface area (Å²) < 4.78 is 15.1. The Hall–Kier alpha value is -2.37. The van der Waals surface area contributed by atoms with Gasteiger partial charge in [-0.3, -0.25) is 9.67 Å². The maximum atomic E-state index is 13.1. The number of aromatic nitrogens is 2. The van der Waals surface area contributed by atoms with Crippen LogP contribution in [0.5, 0.6) is 0 Å². The number of nitrogens with zero attached hydrogens (tertiary/aromatic N) is 3. The summed E-state index contributed by atoms with van der Waals surface area (Å²) in [6, 6.07) is 4.92. The van der Waals surface area contributed by atoms with E-state index in [-0.39, 0.29) is 5.82 Å². The minimum Gasteiger partial charge on any atom is -0.356 e. The summed E-state index contributed by atoms with van der Waals surface area (Å²) in [6.45, 7) is 7.61. The molecular weight excluding hydrogens is 317 g/mol. The lowest BCUT2D eigenvalue weighted by Crippen LogP contribution is -2.39. The fourth-order valence-corrected chi connectivity index (χ4v) is 2.96. The molecule has 0 atom stereocenters. The molecule has 25 heavy (non-hydrogen) atoms. The van der Waals surface area contributed by atoms with Gasteiger partial charge in [0.1, 0.15) is 5.82 Å². The zero-order valence-corrected chi connectivity index (χ0v) is 15.8. The Bertz CT molecular complexity index is 749. The molecule has 0 fully saturated rings. The molecule has 0 bridgehead atoms. The van der Waals surface area contributed by atoms with E-state index in [9.17, 15) is 4.39 Å². The van der Waals surface area contributed by atoms with Crippen molar-refractivity contribution >= 4 is 5.96 Å². The first-order valence-electron chi connectivity index (χ1n) is 8.61. The van der Waals surface area contributed by atoms with Crippen LogP contribution in [0.1, 0.15) is 28.1 Å². The first-order chi connectivity index (χ1) is 11.9. The topological polar surface area (TPSA) is 54.2 Å². The maximum Gasteiger partial charge on any atom is 0.190 e. The standard InChI is InChI=1S/C19H28FN5/c1-13-12-17(20)7-6-16(13)8-10-22-19(21-4)23-11-9-18-14(2)24-25(5)15(18)3/h6-7,12H,8-11H2,1-5H3,(H2,21,22,23). The number of halogens is 1. The molecule has 0 aliphatic carbocycles. The number of rotatable bonds is 6. The van der Waals surface area contributed by atoms with E-state index in [0.29, 0.717) is 0 Å². The Balaban J connectivity index is 1.79. The zero-order valence-electron chi connectivity index (χ0n) is 15.8. The van der Waals surface area contributed by atoms with Gasteiger partial charge in [-0.2, -0.15) is 5.10 Å². The average molecular weight is 345 g/mol. The number of nitrogens with one attached hydrogen (secondary N) is 2. The van der Waals surface area contributed by atoms with Crippen molar-refractivity contribution in [2.24, 2.45) is 12.0 Å². The van der Waals surface area contributed by atoms with Crippen molar-refractivity contribution < 1.29 is 4.39 Å². The predicted octanol–water partition coefficient (Wildman–Crippen LogP) is 2.43. The van der Waals surface area contributed by atoms with Crippen LogP contribution in [0.25, 0.3) is 0 Å². The van der Waals surface area contributed by atoms with Crippen LogP contribution in [0.4, 0.5) is 4.39 Å². The number of guanidine groups is 1. The number of hydrogen-bond acceptors (Lipinski definition) is 2. The molecule has 6 heteroatoms. The van der Waals surface area contributed by atoms with E-state index in [2.05, 4.69) is 27.6 Å². The predicted molar refractivity (Wildman–Crippen MR) is 101 cm³/mol. The molecule has 5 nitrogen and oxygen atoms in total. The molecule has 0 amide bonds. The van der Waals surface area contributed by atoms with E-state index in [1.165, 1.54) is 17.3 Å². The lowest BCUT2D eigenvalue weighted by atomic mass is 10.1. The van der Waals surface area contributed by atoms with Crippen molar-refractivity contribution in [2.45, 2.75) is 33.6 Å². The number of benzene rings is 1. The van der Waals surface area contributed by atoms with Crippen molar-refractivity contribution in [1.29, 1.82) is 0 Å². The molecular formula is C19H28FN5. The van der Waals surface area contributed by atoms with E-state index in [4.69, 9.17) is 0 Å². The molecule has 2 aromatic rings. The Kier molecular flexibility index (Phi) is 6.56. The van der Waals surface area contributed by atoms with Crippen molar-refractivity contribution in [3.05, 3.63) is 52.1 Å². The van der Waals surface area contributed by atoms with Crippen molar-refractivity contribution in [3.63, 3.8) is 0 Å². The Morgan fingerprint density at radius 1 is 1.16 bits per heavy atom. The molecule has 136 valence electrons. The summed E-state index contributed by atoms with van der Waals surface area (Å²) in [4.78, 5) is 4.25. The van der Waals surface area contributed by atoms with Gasteiger partial charge in [-0.25, -0.2) is 4.39 Å². The van der Waals surface area contributed by atoms with E-state index in [1.807, 2.05) is 31.6 Å². The van der Waals surface area contributed by atoms with Gasteiger partial charge in [0.2, 0.25) is 0 Å². The number of hydrogen-bond donors (Lipinski definition) is 2. The van der Waals surface area contributed by atoms with Crippen LogP contribution in [-0.4, -0.2) is 35.9 Å². The Morgan fingerprint density at radius 3 is 2.40 bits per heavy atom. The van der Waals surface area contributed by atoms with Gasteiger partial charge >= 0.3 is 0 Å². The third-order valence-electron chi connectivity index (χ3n) is 4.54. The second kappa shape index (κ2) is 8.65. The van der Waals surface area contributed by atoms with Crippen LogP contribution in [0.2, 0.25) is 0 Å². The maximum absolute atomic E-state index is 13.1. The highest BCUT2D eigenvalue weighted by Crippen LogP contribution is 2.12. The van der Waals surface area contributed by atoms with Gasteiger partial charge in [0, 0.05) is 32.9 Å². The minimum absolute atomic E-state index is 0.187. The number of aliphatic imine (C=N–C) groups is 1. The van der Waals surface area contributed by atoms with Gasteiger partial charge in [-0.05, 0) is 62.4 Å². The molecule has 0 saturated carbocycles. The zero-order chi connectivity index (χ0) is 18.4. The Morgan fingerprint density at radius 2 is 1.84 bits per heavy atom. The first-order valence-corrected chi connectivity index (χ1v) is 8.61. The normalized spacial score (nSPS) is 11.7. The molecule has 0 aliphatic rings. The van der Waals surface area contributed by atoms with Gasteiger partial charge in [0.05, 0.1) is 5.69 Å². The summed E-state index contributed by atoms with van der Waals surface area (Å²) in [5, 5.41) is 11.1. The Labute approximate surface area is 149 Å². The quantitative estimate of drug-likeness (QED) is 0.624. The molecule has 2 rings (SSSR count). The summed E-state index contributed by atoms with van der Waals surface area (Å²) in [5.41, 5.74) is 5.69. The molecule has 0 unspecified atom stereocenters. The molecule has 0 aliphatic heterocycles. The summed E-state index contributed by atoms with van der Waals surface area (Å²) in [6.07, 6.45) is 1.73. The number of aryl methyl sites for hydroxylation is 3. The van der Waals surface area contributed by atoms with Gasteiger partial charge in [0.15, 0.2) is 5.96 Å². The lowest BCUT2D eigenvalue weighted by molar-refractivity contribution is 0.625. The SMILES string of the molecule is CN=C(NCCc1ccc(F)cc1C)NCCc1c(C)nn(C)c1C. The van der Waals surface area contributed by atoms with Crippen LogP contribution in [0.3, 0.4) is 0 Å². The molecule has 1 aromatic carbocycles. The summed E-state index contributed by atoms with van der Waals surface area (Å²) in [7, 11) is 3.73. The minimum atomic E-state index is -0.187. The highest BCUT2D eigenvalue weighted by atomic mass is 19.1. The molecule has 0 radical (unpaired) electrons. The molecule has 1 aromatic heterocycles. The van der Waals surface area contributed by atoms with Gasteiger partial charge < -0.3 is 10.6 Å². The monoisotopic (exact) mass is 345 g/mol. The molecule has 0 spiro atoms. The van der Waals surface area contributed by atoms with Gasteiger partial charge in [0.25, 0.3) is 0 Å². The van der Waals surface area contributed by atoms with Crippen molar-refractivity contribution in [3.8, 4) is 0 Å². The fraction of sp³-hybridized carbons (Fsp3) is 0.474. The van der Waals surface area contributed by atoms with Crippen LogP contribution in [-0.2, 0) is 19.9 Å². The van der Waals surface area contributed by atoms with Gasteiger partial charge in [-0.1, -0.05) is 6.07 Å². The van der Waals surface area contributed by atoms with Crippen LogP contribution >= 0.6 is 0 Å². The molecule has 2 N–H and O–H groups in total. The highest BCUT2D eigenvalue weighted by Gasteiger charge is 2.09. The van der Waals surface area contributed by atoms with Crippen LogP contribution in [0.15, 0.2) is 23.2 Å². The lowest BCUT2D eigenvalue weighted by Gasteiger charge is -2.13. The van der Waals surface area contributed by atoms with E-state index in [0.717, 1.165) is 48.7 Å². The van der Waals surface area contributed by atoms with Gasteiger partial charge in [-0.15, -0.1) is 0 Å². The van der Waals surface area contributed by atoms with Crippen LogP contribution < -0.4 is 10.6 Å². The highest BCUT2D eigenvalue weighted by molar-refractivity contribution is 5.79. The fourth-order valence-electron chi connectivity index (χ4n) is 2.96. The van der Waals surface area contributed by atoms with E-state index >= 15 is 0 Å². The third kappa shape index (κ3) is 5.05. The van der Waals surface area contributed by atoms with E-state index in [1.54, 1.807) is 13.1 Å². The van der Waals surface area contributed by atoms with E-state index < -0.39 is 0 Å². The summed E-state index contributed by atoms with van der Waals surface area (Å²) >= 11 is 0. The average Bonchev–Trinajstić information content (AvgIpc) is 2.81. The third-order valence-corrected chi connectivity index (χ3v) is 4.54.